The fourth-order valence-corrected chi connectivity index (χ4v) is 1.95. The Labute approximate surface area is 115 Å². The lowest BCUT2D eigenvalue weighted by atomic mass is 10.1. The van der Waals surface area contributed by atoms with Gasteiger partial charge in [-0.05, 0) is 12.1 Å². The molecule has 4 nitrogen and oxygen atoms in total. The number of rotatable bonds is 3. The van der Waals surface area contributed by atoms with Crippen molar-refractivity contribution in [3.63, 3.8) is 0 Å². The lowest BCUT2D eigenvalue weighted by molar-refractivity contribution is 0.103. The molecule has 0 saturated heterocycles. The molecule has 4 heteroatoms. The van der Waals surface area contributed by atoms with Gasteiger partial charge in [-0.2, -0.15) is 0 Å². The number of H-pyrrole nitrogens is 1. The lowest BCUT2D eigenvalue weighted by Gasteiger charge is -1.98. The number of aliphatic hydroxyl groups excluding tert-OH is 1. The van der Waals surface area contributed by atoms with Crippen LogP contribution < -0.4 is 0 Å². The summed E-state index contributed by atoms with van der Waals surface area (Å²) in [4.78, 5) is 19.2. The SMILES string of the molecule is O=C(/C=C(\O)c1ccccc1)c1nc2ccccc2[nH]1. The summed E-state index contributed by atoms with van der Waals surface area (Å²) in [5, 5.41) is 9.93. The van der Waals surface area contributed by atoms with Crippen LogP contribution in [0.15, 0.2) is 60.7 Å². The van der Waals surface area contributed by atoms with Gasteiger partial charge in [0.2, 0.25) is 5.78 Å². The number of hydrogen-bond acceptors (Lipinski definition) is 3. The summed E-state index contributed by atoms with van der Waals surface area (Å²) in [5.74, 6) is -0.215. The first-order valence-electron chi connectivity index (χ1n) is 6.19. The summed E-state index contributed by atoms with van der Waals surface area (Å²) in [7, 11) is 0. The van der Waals surface area contributed by atoms with Crippen molar-refractivity contribution in [2.45, 2.75) is 0 Å². The topological polar surface area (TPSA) is 66.0 Å². The first-order valence-corrected chi connectivity index (χ1v) is 6.19. The summed E-state index contributed by atoms with van der Waals surface area (Å²) < 4.78 is 0. The number of ketones is 1. The minimum Gasteiger partial charge on any atom is -0.507 e. The van der Waals surface area contributed by atoms with Crippen LogP contribution in [-0.4, -0.2) is 20.9 Å². The summed E-state index contributed by atoms with van der Waals surface area (Å²) in [5.41, 5.74) is 2.11. The number of nitrogens with one attached hydrogen (secondary N) is 1. The second kappa shape index (κ2) is 5.01. The second-order valence-electron chi connectivity index (χ2n) is 4.36. The molecule has 0 atom stereocenters. The van der Waals surface area contributed by atoms with E-state index in [1.807, 2.05) is 30.3 Å². The molecule has 3 aromatic rings. The number of aromatic amines is 1. The van der Waals surface area contributed by atoms with E-state index in [-0.39, 0.29) is 17.4 Å². The highest BCUT2D eigenvalue weighted by molar-refractivity contribution is 6.06. The normalized spacial score (nSPS) is 11.7. The fourth-order valence-electron chi connectivity index (χ4n) is 1.95. The number of carbonyl (C=O) groups is 1. The molecule has 0 aliphatic carbocycles. The maximum atomic E-state index is 12.1. The minimum absolute atomic E-state index is 0.0731. The van der Waals surface area contributed by atoms with Gasteiger partial charge in [0.15, 0.2) is 5.82 Å². The Morgan fingerprint density at radius 1 is 1.05 bits per heavy atom. The third-order valence-electron chi connectivity index (χ3n) is 2.96. The summed E-state index contributed by atoms with van der Waals surface area (Å²) >= 11 is 0. The zero-order valence-electron chi connectivity index (χ0n) is 10.6. The van der Waals surface area contributed by atoms with E-state index < -0.39 is 0 Å². The zero-order valence-corrected chi connectivity index (χ0v) is 10.6. The number of aromatic nitrogens is 2. The van der Waals surface area contributed by atoms with Crippen molar-refractivity contribution in [1.29, 1.82) is 0 Å². The van der Waals surface area contributed by atoms with Gasteiger partial charge in [0.05, 0.1) is 11.0 Å². The smallest absolute Gasteiger partial charge is 0.224 e. The molecule has 0 radical (unpaired) electrons. The van der Waals surface area contributed by atoms with Gasteiger partial charge in [0.25, 0.3) is 0 Å². The monoisotopic (exact) mass is 264 g/mol. The maximum absolute atomic E-state index is 12.1. The Bertz CT molecular complexity index is 755. The van der Waals surface area contributed by atoms with Crippen LogP contribution in [0.1, 0.15) is 16.2 Å². The van der Waals surface area contributed by atoms with E-state index >= 15 is 0 Å². The van der Waals surface area contributed by atoms with Crippen LogP contribution in [0, 0.1) is 0 Å². The molecule has 2 N–H and O–H groups in total. The molecule has 0 saturated carbocycles. The lowest BCUT2D eigenvalue weighted by Crippen LogP contribution is -1.99. The number of fused-ring (bicyclic) bond motifs is 1. The summed E-state index contributed by atoms with van der Waals surface area (Å²) in [6.07, 6.45) is 1.17. The Morgan fingerprint density at radius 3 is 2.50 bits per heavy atom. The molecule has 1 heterocycles. The number of benzene rings is 2. The number of imidazole rings is 1. The van der Waals surface area contributed by atoms with Crippen LogP contribution in [-0.2, 0) is 0 Å². The van der Waals surface area contributed by atoms with Crippen LogP contribution in [0.5, 0.6) is 0 Å². The molecule has 3 rings (SSSR count). The predicted molar refractivity (Wildman–Crippen MR) is 77.5 cm³/mol. The summed E-state index contributed by atoms with van der Waals surface area (Å²) in [6.45, 7) is 0. The Hall–Kier alpha value is -2.88. The first kappa shape index (κ1) is 12.2. The number of aliphatic hydroxyl groups is 1. The van der Waals surface area contributed by atoms with Crippen molar-refractivity contribution >= 4 is 22.6 Å². The molecule has 1 aromatic heterocycles. The molecule has 0 amide bonds. The number of carbonyl (C=O) groups excluding carboxylic acids is 1. The van der Waals surface area contributed by atoms with Crippen LogP contribution in [0.25, 0.3) is 16.8 Å². The van der Waals surface area contributed by atoms with E-state index in [0.29, 0.717) is 5.56 Å². The molecule has 2 aromatic carbocycles. The van der Waals surface area contributed by atoms with Crippen molar-refractivity contribution < 1.29 is 9.90 Å². The standard InChI is InChI=1S/C16H12N2O2/c19-14(11-6-2-1-3-7-11)10-15(20)16-17-12-8-4-5-9-13(12)18-16/h1-10,19H,(H,17,18)/b14-10-. The van der Waals surface area contributed by atoms with Crippen molar-refractivity contribution in [3.8, 4) is 0 Å². The van der Waals surface area contributed by atoms with Crippen molar-refractivity contribution in [2.75, 3.05) is 0 Å². The Balaban J connectivity index is 1.93. The average molecular weight is 264 g/mol. The van der Waals surface area contributed by atoms with E-state index in [1.165, 1.54) is 6.08 Å². The molecular formula is C16H12N2O2. The molecule has 0 bridgehead atoms. The predicted octanol–water partition coefficient (Wildman–Crippen LogP) is 3.34. The molecule has 0 aliphatic rings. The van der Waals surface area contributed by atoms with E-state index in [4.69, 9.17) is 0 Å². The van der Waals surface area contributed by atoms with Crippen LogP contribution in [0.2, 0.25) is 0 Å². The highest BCUT2D eigenvalue weighted by Crippen LogP contribution is 2.14. The number of allylic oxidation sites excluding steroid dienone is 1. The highest BCUT2D eigenvalue weighted by Gasteiger charge is 2.10. The quantitative estimate of drug-likeness (QED) is 0.433. The van der Waals surface area contributed by atoms with Crippen molar-refractivity contribution in [2.24, 2.45) is 0 Å². The van der Waals surface area contributed by atoms with Crippen LogP contribution in [0.3, 0.4) is 0 Å². The van der Waals surface area contributed by atoms with Gasteiger partial charge in [-0.15, -0.1) is 0 Å². The molecule has 98 valence electrons. The van der Waals surface area contributed by atoms with Gasteiger partial charge < -0.3 is 10.1 Å². The highest BCUT2D eigenvalue weighted by atomic mass is 16.3. The third kappa shape index (κ3) is 2.31. The maximum Gasteiger partial charge on any atom is 0.224 e. The van der Waals surface area contributed by atoms with Gasteiger partial charge in [0.1, 0.15) is 5.76 Å². The molecule has 0 fully saturated rings. The molecule has 0 unspecified atom stereocenters. The first-order chi connectivity index (χ1) is 9.74. The number of nitrogens with zero attached hydrogens (tertiary/aromatic N) is 1. The van der Waals surface area contributed by atoms with Gasteiger partial charge >= 0.3 is 0 Å². The summed E-state index contributed by atoms with van der Waals surface area (Å²) in [6, 6.07) is 16.3. The zero-order chi connectivity index (χ0) is 13.9. The van der Waals surface area contributed by atoms with E-state index in [2.05, 4.69) is 9.97 Å². The molecule has 0 aliphatic heterocycles. The van der Waals surface area contributed by atoms with Gasteiger partial charge in [0, 0.05) is 11.6 Å². The fraction of sp³-hybridized carbons (Fsp3) is 0. The largest absolute Gasteiger partial charge is 0.507 e. The Morgan fingerprint density at radius 2 is 1.75 bits per heavy atom. The van der Waals surface area contributed by atoms with Crippen molar-refractivity contribution in [1.82, 2.24) is 9.97 Å². The average Bonchev–Trinajstić information content (AvgIpc) is 2.92. The Kier molecular flexibility index (Phi) is 3.05. The van der Waals surface area contributed by atoms with E-state index in [9.17, 15) is 9.90 Å². The van der Waals surface area contributed by atoms with E-state index in [1.54, 1.807) is 24.3 Å². The number of hydrogen-bond donors (Lipinski definition) is 2. The minimum atomic E-state index is -0.359. The van der Waals surface area contributed by atoms with Crippen LogP contribution in [0.4, 0.5) is 0 Å². The van der Waals surface area contributed by atoms with Gasteiger partial charge in [-0.25, -0.2) is 4.98 Å². The third-order valence-corrected chi connectivity index (χ3v) is 2.96. The number of para-hydroxylation sites is 2. The van der Waals surface area contributed by atoms with Crippen molar-refractivity contribution in [3.05, 3.63) is 72.1 Å². The second-order valence-corrected chi connectivity index (χ2v) is 4.36. The molecule has 0 spiro atoms. The molecule has 20 heavy (non-hydrogen) atoms. The molecular weight excluding hydrogens is 252 g/mol. The van der Waals surface area contributed by atoms with E-state index in [0.717, 1.165) is 11.0 Å². The van der Waals surface area contributed by atoms with Gasteiger partial charge in [-0.3, -0.25) is 4.79 Å². The van der Waals surface area contributed by atoms with Gasteiger partial charge in [-0.1, -0.05) is 42.5 Å². The van der Waals surface area contributed by atoms with Crippen LogP contribution >= 0.6 is 0 Å².